The number of ether oxygens (including phenoxy) is 2. The van der Waals surface area contributed by atoms with Crippen molar-refractivity contribution >= 4 is 45.7 Å². The summed E-state index contributed by atoms with van der Waals surface area (Å²) in [7, 11) is 3.00. The molecular formula is C30H26FN3O5S2. The molecule has 0 saturated carbocycles. The Morgan fingerprint density at radius 2 is 1.73 bits per heavy atom. The highest BCUT2D eigenvalue weighted by molar-refractivity contribution is 8.00. The van der Waals surface area contributed by atoms with Crippen LogP contribution in [0.3, 0.4) is 0 Å². The van der Waals surface area contributed by atoms with E-state index in [1.54, 1.807) is 36.4 Å². The summed E-state index contributed by atoms with van der Waals surface area (Å²) in [5, 5.41) is 20.2. The number of nitrogens with zero attached hydrogens (tertiary/aromatic N) is 3. The molecule has 1 atom stereocenters. The second-order valence-electron chi connectivity index (χ2n) is 9.37. The van der Waals surface area contributed by atoms with E-state index in [9.17, 15) is 19.1 Å². The molecule has 1 amide bonds. The Labute approximate surface area is 244 Å². The molecule has 0 spiro atoms. The maximum Gasteiger partial charge on any atom is 0.301 e. The van der Waals surface area contributed by atoms with Crippen LogP contribution in [0.2, 0.25) is 0 Å². The fourth-order valence-electron chi connectivity index (χ4n) is 4.59. The van der Waals surface area contributed by atoms with Gasteiger partial charge in [0.15, 0.2) is 15.8 Å². The van der Waals surface area contributed by atoms with Crippen LogP contribution in [-0.2, 0) is 15.3 Å². The molecule has 1 aliphatic heterocycles. The van der Waals surface area contributed by atoms with E-state index in [1.165, 1.54) is 43.0 Å². The Kier molecular flexibility index (Phi) is 8.09. The third kappa shape index (κ3) is 5.55. The second-order valence-corrected chi connectivity index (χ2v) is 11.5. The first-order chi connectivity index (χ1) is 19.7. The van der Waals surface area contributed by atoms with Crippen molar-refractivity contribution in [2.75, 3.05) is 19.1 Å². The topological polar surface area (TPSA) is 102 Å². The van der Waals surface area contributed by atoms with E-state index in [0.717, 1.165) is 28.0 Å². The molecule has 11 heteroatoms. The molecule has 5 rings (SSSR count). The third-order valence-corrected chi connectivity index (χ3v) is 8.82. The molecule has 4 aromatic rings. The van der Waals surface area contributed by atoms with Gasteiger partial charge in [0.05, 0.1) is 25.8 Å². The molecule has 1 aliphatic rings. The summed E-state index contributed by atoms with van der Waals surface area (Å²) >= 11 is 2.53. The molecule has 210 valence electrons. The zero-order valence-electron chi connectivity index (χ0n) is 22.7. The zero-order valence-corrected chi connectivity index (χ0v) is 24.3. The maximum absolute atomic E-state index is 13.6. The van der Waals surface area contributed by atoms with E-state index in [-0.39, 0.29) is 22.3 Å². The number of aryl methyl sites for hydroxylation is 2. The van der Waals surface area contributed by atoms with Crippen LogP contribution in [0, 0.1) is 19.7 Å². The Balaban J connectivity index is 1.60. The molecule has 1 unspecified atom stereocenters. The minimum Gasteiger partial charge on any atom is -0.507 e. The molecule has 1 saturated heterocycles. The number of aromatic nitrogens is 2. The van der Waals surface area contributed by atoms with Gasteiger partial charge in [0.2, 0.25) is 5.13 Å². The van der Waals surface area contributed by atoms with Gasteiger partial charge in [-0.3, -0.25) is 14.5 Å². The highest BCUT2D eigenvalue weighted by atomic mass is 32.2. The number of methoxy groups -OCH3 is 2. The Bertz CT molecular complexity index is 1670. The molecule has 1 aromatic heterocycles. The van der Waals surface area contributed by atoms with E-state index in [0.29, 0.717) is 32.7 Å². The number of anilines is 1. The number of ketones is 1. The number of benzene rings is 3. The molecule has 2 heterocycles. The van der Waals surface area contributed by atoms with Crippen LogP contribution in [0.1, 0.15) is 33.9 Å². The van der Waals surface area contributed by atoms with Crippen molar-refractivity contribution < 1.29 is 28.6 Å². The van der Waals surface area contributed by atoms with E-state index in [2.05, 4.69) is 10.2 Å². The fraction of sp³-hybridized carbons (Fsp3) is 0.200. The molecule has 41 heavy (non-hydrogen) atoms. The Morgan fingerprint density at radius 1 is 1.00 bits per heavy atom. The smallest absolute Gasteiger partial charge is 0.301 e. The molecule has 1 fully saturated rings. The summed E-state index contributed by atoms with van der Waals surface area (Å²) in [6.07, 6.45) is 0. The minimum atomic E-state index is -1.00. The van der Waals surface area contributed by atoms with Crippen LogP contribution in [-0.4, -0.2) is 41.2 Å². The van der Waals surface area contributed by atoms with Gasteiger partial charge in [-0.15, -0.1) is 10.2 Å². The van der Waals surface area contributed by atoms with Crippen LogP contribution in [0.4, 0.5) is 9.52 Å². The van der Waals surface area contributed by atoms with E-state index in [1.807, 2.05) is 26.0 Å². The van der Waals surface area contributed by atoms with Gasteiger partial charge in [-0.25, -0.2) is 4.39 Å². The summed E-state index contributed by atoms with van der Waals surface area (Å²) in [5.74, 6) is -0.875. The summed E-state index contributed by atoms with van der Waals surface area (Å²) in [5.41, 5.74) is 3.45. The summed E-state index contributed by atoms with van der Waals surface area (Å²) in [6.45, 7) is 3.71. The Hall–Kier alpha value is -4.22. The number of aliphatic hydroxyl groups is 1. The molecule has 1 N–H and O–H groups in total. The lowest BCUT2D eigenvalue weighted by Gasteiger charge is -2.23. The lowest BCUT2D eigenvalue weighted by Crippen LogP contribution is -2.29. The standard InChI is InChI=1S/C30H26FN3O5S2/c1-16-5-6-17(2)21(13-16)26(35)24-25(19-9-12-22(38-3)23(14-19)39-4)34(28(37)27(24)36)29-32-33-30(41-29)40-15-18-7-10-20(31)11-8-18/h5-14,25,35H,15H2,1-4H3/b26-24+. The van der Waals surface area contributed by atoms with Crippen molar-refractivity contribution in [3.63, 3.8) is 0 Å². The van der Waals surface area contributed by atoms with Gasteiger partial charge in [-0.2, -0.15) is 0 Å². The number of halogens is 1. The molecule has 0 radical (unpaired) electrons. The molecule has 0 bridgehead atoms. The number of carbonyl (C=O) groups is 2. The third-order valence-electron chi connectivity index (χ3n) is 6.69. The normalized spacial score (nSPS) is 16.3. The molecule has 0 aliphatic carbocycles. The first-order valence-corrected chi connectivity index (χ1v) is 14.3. The summed E-state index contributed by atoms with van der Waals surface area (Å²) < 4.78 is 24.7. The van der Waals surface area contributed by atoms with Gasteiger partial charge < -0.3 is 14.6 Å². The van der Waals surface area contributed by atoms with Crippen LogP contribution in [0.15, 0.2) is 70.6 Å². The number of carbonyl (C=O) groups excluding carboxylic acids is 2. The number of Topliss-reactive ketones (excluding diaryl/α,β-unsaturated/α-hetero) is 1. The van der Waals surface area contributed by atoms with E-state index >= 15 is 0 Å². The van der Waals surface area contributed by atoms with Crippen molar-refractivity contribution in [3.05, 3.63) is 99.9 Å². The fourth-order valence-corrected chi connectivity index (χ4v) is 6.41. The SMILES string of the molecule is COc1ccc(C2/C(=C(\O)c3cc(C)ccc3C)C(=O)C(=O)N2c2nnc(SCc3ccc(F)cc3)s2)cc1OC. The van der Waals surface area contributed by atoms with Crippen molar-refractivity contribution in [3.8, 4) is 11.5 Å². The Morgan fingerprint density at radius 3 is 2.44 bits per heavy atom. The van der Waals surface area contributed by atoms with Gasteiger partial charge in [0.25, 0.3) is 5.78 Å². The average Bonchev–Trinajstić information content (AvgIpc) is 3.55. The van der Waals surface area contributed by atoms with Gasteiger partial charge in [-0.1, -0.05) is 59.0 Å². The minimum absolute atomic E-state index is 0.0633. The number of rotatable bonds is 8. The number of amides is 1. The zero-order chi connectivity index (χ0) is 29.3. The van der Waals surface area contributed by atoms with Crippen molar-refractivity contribution in [1.82, 2.24) is 10.2 Å². The molecule has 3 aromatic carbocycles. The van der Waals surface area contributed by atoms with Gasteiger partial charge in [0, 0.05) is 11.3 Å². The highest BCUT2D eigenvalue weighted by Gasteiger charge is 2.48. The van der Waals surface area contributed by atoms with E-state index in [4.69, 9.17) is 9.47 Å². The summed E-state index contributed by atoms with van der Waals surface area (Å²) in [4.78, 5) is 28.4. The molecule has 8 nitrogen and oxygen atoms in total. The monoisotopic (exact) mass is 591 g/mol. The van der Waals surface area contributed by atoms with Gasteiger partial charge in [-0.05, 0) is 60.9 Å². The number of aliphatic hydroxyl groups excluding tert-OH is 1. The predicted octanol–water partition coefficient (Wildman–Crippen LogP) is 6.23. The van der Waals surface area contributed by atoms with Crippen molar-refractivity contribution in [2.45, 2.75) is 30.0 Å². The largest absolute Gasteiger partial charge is 0.507 e. The maximum atomic E-state index is 13.6. The van der Waals surface area contributed by atoms with Crippen LogP contribution in [0.5, 0.6) is 11.5 Å². The second kappa shape index (κ2) is 11.7. The lowest BCUT2D eigenvalue weighted by atomic mass is 9.93. The number of thioether (sulfide) groups is 1. The first-order valence-electron chi connectivity index (χ1n) is 12.5. The van der Waals surface area contributed by atoms with E-state index < -0.39 is 17.7 Å². The quantitative estimate of drug-likeness (QED) is 0.0846. The highest BCUT2D eigenvalue weighted by Crippen LogP contribution is 2.46. The number of hydrogen-bond acceptors (Lipinski definition) is 9. The van der Waals surface area contributed by atoms with Crippen LogP contribution in [0.25, 0.3) is 5.76 Å². The van der Waals surface area contributed by atoms with Crippen molar-refractivity contribution in [1.29, 1.82) is 0 Å². The predicted molar refractivity (Wildman–Crippen MR) is 156 cm³/mol. The number of hydrogen-bond donors (Lipinski definition) is 1. The lowest BCUT2D eigenvalue weighted by molar-refractivity contribution is -0.132. The molecular weight excluding hydrogens is 565 g/mol. The average molecular weight is 592 g/mol. The van der Waals surface area contributed by atoms with Crippen LogP contribution < -0.4 is 14.4 Å². The van der Waals surface area contributed by atoms with Crippen molar-refractivity contribution in [2.24, 2.45) is 0 Å². The van der Waals surface area contributed by atoms with Gasteiger partial charge in [0.1, 0.15) is 11.6 Å². The van der Waals surface area contributed by atoms with Gasteiger partial charge >= 0.3 is 5.91 Å². The first kappa shape index (κ1) is 28.3. The summed E-state index contributed by atoms with van der Waals surface area (Å²) in [6, 6.07) is 15.7. The van der Waals surface area contributed by atoms with Crippen LogP contribution >= 0.6 is 23.1 Å².